The second-order valence-electron chi connectivity index (χ2n) is 5.03. The topological polar surface area (TPSA) is 78.4 Å². The summed E-state index contributed by atoms with van der Waals surface area (Å²) in [4.78, 5) is 10.5. The van der Waals surface area contributed by atoms with E-state index in [0.717, 1.165) is 12.8 Å². The highest BCUT2D eigenvalue weighted by atomic mass is 16.6. The third-order valence-electron chi connectivity index (χ3n) is 4.14. The molecule has 1 aromatic carbocycles. The number of para-hydroxylation sites is 2. The minimum absolute atomic E-state index is 0.0106. The molecule has 5 heteroatoms. The summed E-state index contributed by atoms with van der Waals surface area (Å²) in [6.45, 7) is 4.13. The molecule has 0 aliphatic heterocycles. The monoisotopic (exact) mass is 250 g/mol. The molecule has 1 aliphatic carbocycles. The standard InChI is InChI=1S/C13H18N2O3/c1-3-13(2)11(14)8-12(13)18-10-7-5-4-6-9(10)15(16)17/h4-7,11-12H,3,8,14H2,1-2H3. The molecular weight excluding hydrogens is 232 g/mol. The van der Waals surface area contributed by atoms with Gasteiger partial charge in [-0.1, -0.05) is 26.0 Å². The van der Waals surface area contributed by atoms with Gasteiger partial charge >= 0.3 is 5.69 Å². The highest BCUT2D eigenvalue weighted by Gasteiger charge is 2.50. The van der Waals surface area contributed by atoms with Crippen molar-refractivity contribution in [3.63, 3.8) is 0 Å². The van der Waals surface area contributed by atoms with E-state index in [0.29, 0.717) is 5.75 Å². The van der Waals surface area contributed by atoms with Gasteiger partial charge in [-0.3, -0.25) is 10.1 Å². The molecule has 0 heterocycles. The number of rotatable bonds is 4. The SMILES string of the molecule is CCC1(C)C(N)CC1Oc1ccccc1[N+](=O)[O-]. The fraction of sp³-hybridized carbons (Fsp3) is 0.538. The lowest BCUT2D eigenvalue weighted by atomic mass is 9.62. The van der Waals surface area contributed by atoms with E-state index in [4.69, 9.17) is 10.5 Å². The lowest BCUT2D eigenvalue weighted by Gasteiger charge is -2.51. The molecule has 0 amide bonds. The van der Waals surface area contributed by atoms with Crippen molar-refractivity contribution in [1.29, 1.82) is 0 Å². The predicted octanol–water partition coefficient (Wildman–Crippen LogP) is 2.49. The molecule has 3 atom stereocenters. The van der Waals surface area contributed by atoms with Gasteiger partial charge < -0.3 is 10.5 Å². The zero-order valence-corrected chi connectivity index (χ0v) is 10.6. The van der Waals surface area contributed by atoms with Gasteiger partial charge in [0.1, 0.15) is 6.10 Å². The van der Waals surface area contributed by atoms with Crippen LogP contribution in [0.2, 0.25) is 0 Å². The molecule has 0 saturated heterocycles. The average Bonchev–Trinajstić information content (AvgIpc) is 2.37. The van der Waals surface area contributed by atoms with E-state index >= 15 is 0 Å². The molecule has 1 fully saturated rings. The van der Waals surface area contributed by atoms with Crippen molar-refractivity contribution < 1.29 is 9.66 Å². The van der Waals surface area contributed by atoms with Gasteiger partial charge in [-0.15, -0.1) is 0 Å². The summed E-state index contributed by atoms with van der Waals surface area (Å²) in [6.07, 6.45) is 1.61. The van der Waals surface area contributed by atoms with E-state index in [1.165, 1.54) is 6.07 Å². The first-order chi connectivity index (χ1) is 8.49. The Morgan fingerprint density at radius 1 is 1.56 bits per heavy atom. The number of benzene rings is 1. The Hall–Kier alpha value is -1.62. The van der Waals surface area contributed by atoms with Gasteiger partial charge in [0.2, 0.25) is 0 Å². The van der Waals surface area contributed by atoms with Gasteiger partial charge in [-0.25, -0.2) is 0 Å². The highest BCUT2D eigenvalue weighted by molar-refractivity contribution is 5.46. The molecule has 1 aromatic rings. The van der Waals surface area contributed by atoms with Crippen LogP contribution in [0.5, 0.6) is 5.75 Å². The van der Waals surface area contributed by atoms with Crippen LogP contribution >= 0.6 is 0 Å². The fourth-order valence-corrected chi connectivity index (χ4v) is 2.38. The maximum Gasteiger partial charge on any atom is 0.310 e. The van der Waals surface area contributed by atoms with E-state index in [9.17, 15) is 10.1 Å². The Kier molecular flexibility index (Phi) is 3.26. The molecule has 2 N–H and O–H groups in total. The van der Waals surface area contributed by atoms with Crippen molar-refractivity contribution in [2.75, 3.05) is 0 Å². The number of hydrogen-bond donors (Lipinski definition) is 1. The molecule has 3 unspecified atom stereocenters. The first kappa shape index (κ1) is 12.8. The number of hydrogen-bond acceptors (Lipinski definition) is 4. The van der Waals surface area contributed by atoms with Crippen LogP contribution in [-0.4, -0.2) is 17.1 Å². The predicted molar refractivity (Wildman–Crippen MR) is 68.5 cm³/mol. The second-order valence-corrected chi connectivity index (χ2v) is 5.03. The summed E-state index contributed by atoms with van der Waals surface area (Å²) >= 11 is 0. The Bertz CT molecular complexity index is 463. The van der Waals surface area contributed by atoms with Gasteiger partial charge in [0.25, 0.3) is 0 Å². The molecule has 1 saturated carbocycles. The first-order valence-electron chi connectivity index (χ1n) is 6.14. The number of nitrogens with zero attached hydrogens (tertiary/aromatic N) is 1. The van der Waals surface area contributed by atoms with Gasteiger partial charge in [0.05, 0.1) is 4.92 Å². The summed E-state index contributed by atoms with van der Waals surface area (Å²) in [5, 5.41) is 10.9. The lowest BCUT2D eigenvalue weighted by Crippen LogP contribution is -2.61. The maximum atomic E-state index is 10.9. The molecule has 0 bridgehead atoms. The molecule has 2 rings (SSSR count). The molecule has 18 heavy (non-hydrogen) atoms. The molecule has 0 radical (unpaired) electrons. The normalized spacial score (nSPS) is 30.6. The van der Waals surface area contributed by atoms with E-state index in [1.54, 1.807) is 18.2 Å². The van der Waals surface area contributed by atoms with Crippen LogP contribution in [0.15, 0.2) is 24.3 Å². The Balaban J connectivity index is 2.18. The molecule has 0 aromatic heterocycles. The number of nitro groups is 1. The minimum Gasteiger partial charge on any atom is -0.483 e. The van der Waals surface area contributed by atoms with Crippen LogP contribution in [-0.2, 0) is 0 Å². The molecule has 0 spiro atoms. The lowest BCUT2D eigenvalue weighted by molar-refractivity contribution is -0.386. The van der Waals surface area contributed by atoms with Crippen LogP contribution in [0.25, 0.3) is 0 Å². The van der Waals surface area contributed by atoms with Crippen molar-refractivity contribution in [1.82, 2.24) is 0 Å². The van der Waals surface area contributed by atoms with E-state index in [1.807, 2.05) is 0 Å². The van der Waals surface area contributed by atoms with Crippen molar-refractivity contribution in [2.45, 2.75) is 38.8 Å². The van der Waals surface area contributed by atoms with Crippen LogP contribution in [0, 0.1) is 15.5 Å². The Labute approximate surface area is 106 Å². The molecule has 5 nitrogen and oxygen atoms in total. The largest absolute Gasteiger partial charge is 0.483 e. The highest BCUT2D eigenvalue weighted by Crippen LogP contribution is 2.45. The van der Waals surface area contributed by atoms with Crippen LogP contribution in [0.3, 0.4) is 0 Å². The van der Waals surface area contributed by atoms with Gasteiger partial charge in [0.15, 0.2) is 5.75 Å². The van der Waals surface area contributed by atoms with Crippen LogP contribution in [0.4, 0.5) is 5.69 Å². The summed E-state index contributed by atoms with van der Waals surface area (Å²) in [5.41, 5.74) is 5.91. The van der Waals surface area contributed by atoms with Crippen LogP contribution < -0.4 is 10.5 Å². The first-order valence-corrected chi connectivity index (χ1v) is 6.14. The fourth-order valence-electron chi connectivity index (χ4n) is 2.38. The summed E-state index contributed by atoms with van der Waals surface area (Å²) in [7, 11) is 0. The van der Waals surface area contributed by atoms with Crippen molar-refractivity contribution >= 4 is 5.69 Å². The smallest absolute Gasteiger partial charge is 0.310 e. The molecule has 98 valence electrons. The van der Waals surface area contributed by atoms with E-state index < -0.39 is 4.92 Å². The van der Waals surface area contributed by atoms with Crippen LogP contribution in [0.1, 0.15) is 26.7 Å². The van der Waals surface area contributed by atoms with E-state index in [-0.39, 0.29) is 23.2 Å². The third-order valence-corrected chi connectivity index (χ3v) is 4.14. The average molecular weight is 250 g/mol. The van der Waals surface area contributed by atoms with Gasteiger partial charge in [-0.05, 0) is 12.5 Å². The van der Waals surface area contributed by atoms with Crippen molar-refractivity contribution in [2.24, 2.45) is 11.1 Å². The summed E-state index contributed by atoms with van der Waals surface area (Å²) in [6, 6.07) is 6.57. The summed E-state index contributed by atoms with van der Waals surface area (Å²) < 4.78 is 5.80. The minimum atomic E-state index is -0.419. The zero-order valence-electron chi connectivity index (χ0n) is 10.6. The third kappa shape index (κ3) is 1.95. The number of nitro benzene ring substituents is 1. The summed E-state index contributed by atoms with van der Waals surface area (Å²) in [5.74, 6) is 0.332. The Morgan fingerprint density at radius 3 is 2.78 bits per heavy atom. The quantitative estimate of drug-likeness (QED) is 0.657. The zero-order chi connectivity index (χ0) is 13.3. The van der Waals surface area contributed by atoms with Crippen molar-refractivity contribution in [3.8, 4) is 5.75 Å². The van der Waals surface area contributed by atoms with Gasteiger partial charge in [-0.2, -0.15) is 0 Å². The van der Waals surface area contributed by atoms with E-state index in [2.05, 4.69) is 13.8 Å². The van der Waals surface area contributed by atoms with Crippen molar-refractivity contribution in [3.05, 3.63) is 34.4 Å². The second kappa shape index (κ2) is 4.57. The number of ether oxygens (including phenoxy) is 1. The molecular formula is C13H18N2O3. The maximum absolute atomic E-state index is 10.9. The number of nitrogens with two attached hydrogens (primary N) is 1. The Morgan fingerprint density at radius 2 is 2.22 bits per heavy atom. The van der Waals surface area contributed by atoms with Gasteiger partial charge in [0, 0.05) is 23.9 Å². The molecule has 1 aliphatic rings.